The van der Waals surface area contributed by atoms with Gasteiger partial charge in [0.2, 0.25) is 0 Å². The van der Waals surface area contributed by atoms with Crippen molar-refractivity contribution >= 4 is 17.3 Å². The second-order valence-corrected chi connectivity index (χ2v) is 9.55. The van der Waals surface area contributed by atoms with E-state index < -0.39 is 0 Å². The largest absolute Gasteiger partial charge is 0.396 e. The molecular formula is C29H32ClN3O. The van der Waals surface area contributed by atoms with Crippen LogP contribution in [0, 0.1) is 18.3 Å². The smallest absolute Gasteiger partial charge is 0.0991 e. The summed E-state index contributed by atoms with van der Waals surface area (Å²) in [5.41, 5.74) is 6.97. The van der Waals surface area contributed by atoms with E-state index in [1.807, 2.05) is 24.3 Å². The van der Waals surface area contributed by atoms with Crippen LogP contribution < -0.4 is 4.90 Å². The van der Waals surface area contributed by atoms with Crippen LogP contribution in [0.25, 0.3) is 0 Å². The van der Waals surface area contributed by atoms with Crippen molar-refractivity contribution in [3.05, 3.63) is 99.6 Å². The molecular weight excluding hydrogens is 442 g/mol. The summed E-state index contributed by atoms with van der Waals surface area (Å²) in [5, 5.41) is 19.1. The van der Waals surface area contributed by atoms with Crippen LogP contribution in [0.15, 0.2) is 66.7 Å². The lowest BCUT2D eigenvalue weighted by atomic mass is 9.96. The number of aliphatic hydroxyl groups is 1. The van der Waals surface area contributed by atoms with Crippen LogP contribution in [0.3, 0.4) is 0 Å². The molecule has 4 nitrogen and oxygen atoms in total. The van der Waals surface area contributed by atoms with Gasteiger partial charge in [-0.15, -0.1) is 0 Å². The van der Waals surface area contributed by atoms with Crippen LogP contribution >= 0.6 is 11.6 Å². The van der Waals surface area contributed by atoms with Crippen molar-refractivity contribution in [1.29, 1.82) is 5.26 Å². The Labute approximate surface area is 208 Å². The van der Waals surface area contributed by atoms with Gasteiger partial charge in [0.1, 0.15) is 0 Å². The Morgan fingerprint density at radius 2 is 1.79 bits per heavy atom. The lowest BCUT2D eigenvalue weighted by Crippen LogP contribution is -2.49. The molecule has 0 amide bonds. The van der Waals surface area contributed by atoms with E-state index in [9.17, 15) is 5.11 Å². The van der Waals surface area contributed by atoms with Gasteiger partial charge in [0, 0.05) is 43.0 Å². The van der Waals surface area contributed by atoms with Crippen molar-refractivity contribution in [2.45, 2.75) is 38.8 Å². The first-order valence-corrected chi connectivity index (χ1v) is 12.3. The van der Waals surface area contributed by atoms with Crippen LogP contribution in [0.2, 0.25) is 5.02 Å². The third kappa shape index (κ3) is 5.45. The summed E-state index contributed by atoms with van der Waals surface area (Å²) in [6, 6.07) is 25.5. The van der Waals surface area contributed by atoms with Gasteiger partial charge in [-0.05, 0) is 79.3 Å². The van der Waals surface area contributed by atoms with Gasteiger partial charge >= 0.3 is 0 Å². The molecule has 0 radical (unpaired) electrons. The molecule has 0 saturated carbocycles. The van der Waals surface area contributed by atoms with E-state index in [1.54, 1.807) is 0 Å². The number of hydrogen-bond acceptors (Lipinski definition) is 4. The van der Waals surface area contributed by atoms with E-state index in [1.165, 1.54) is 27.9 Å². The van der Waals surface area contributed by atoms with Gasteiger partial charge in [-0.25, -0.2) is 0 Å². The molecule has 0 unspecified atom stereocenters. The molecule has 1 heterocycles. The predicted molar refractivity (Wildman–Crippen MR) is 139 cm³/mol. The highest BCUT2D eigenvalue weighted by Crippen LogP contribution is 2.36. The number of hydrogen-bond donors (Lipinski definition) is 1. The number of halogens is 1. The minimum atomic E-state index is 0.203. The number of aryl methyl sites for hydroxylation is 2. The maximum atomic E-state index is 9.18. The molecule has 1 aliphatic rings. The Morgan fingerprint density at radius 3 is 2.44 bits per heavy atom. The Balaban J connectivity index is 1.61. The zero-order valence-electron chi connectivity index (χ0n) is 19.9. The van der Waals surface area contributed by atoms with Crippen LogP contribution in [0.4, 0.5) is 5.69 Å². The molecule has 3 aromatic rings. The van der Waals surface area contributed by atoms with E-state index in [0.29, 0.717) is 5.56 Å². The minimum Gasteiger partial charge on any atom is -0.396 e. The molecule has 34 heavy (non-hydrogen) atoms. The first kappa shape index (κ1) is 24.3. The van der Waals surface area contributed by atoms with Crippen molar-refractivity contribution in [3.8, 4) is 6.07 Å². The molecule has 4 rings (SSSR count). The molecule has 2 atom stereocenters. The first-order valence-electron chi connectivity index (χ1n) is 12.0. The average molecular weight is 474 g/mol. The molecule has 1 aliphatic heterocycles. The summed E-state index contributed by atoms with van der Waals surface area (Å²) >= 11 is 6.21. The highest BCUT2D eigenvalue weighted by molar-refractivity contribution is 6.30. The summed E-state index contributed by atoms with van der Waals surface area (Å²) in [5.74, 6) is 0. The number of piperazine rings is 1. The number of rotatable bonds is 7. The Morgan fingerprint density at radius 1 is 1.06 bits per heavy atom. The van der Waals surface area contributed by atoms with Crippen LogP contribution in [0.5, 0.6) is 0 Å². The fourth-order valence-electron chi connectivity index (χ4n) is 4.94. The number of anilines is 1. The maximum Gasteiger partial charge on any atom is 0.0991 e. The number of aliphatic hydroxyl groups excluding tert-OH is 1. The van der Waals surface area contributed by atoms with E-state index in [2.05, 4.69) is 72.2 Å². The van der Waals surface area contributed by atoms with Gasteiger partial charge in [0.15, 0.2) is 0 Å². The molecule has 5 heteroatoms. The van der Waals surface area contributed by atoms with Crippen molar-refractivity contribution in [2.24, 2.45) is 0 Å². The van der Waals surface area contributed by atoms with Crippen LogP contribution in [-0.2, 0) is 6.42 Å². The predicted octanol–water partition coefficient (Wildman–Crippen LogP) is 6.07. The summed E-state index contributed by atoms with van der Waals surface area (Å²) in [6.07, 6.45) is 1.69. The summed E-state index contributed by atoms with van der Waals surface area (Å²) < 4.78 is 0. The fourth-order valence-corrected chi connectivity index (χ4v) is 5.07. The van der Waals surface area contributed by atoms with E-state index in [-0.39, 0.29) is 18.7 Å². The molecule has 1 fully saturated rings. The molecule has 0 spiro atoms. The summed E-state index contributed by atoms with van der Waals surface area (Å²) in [4.78, 5) is 5.05. The number of benzene rings is 3. The van der Waals surface area contributed by atoms with Crippen LogP contribution in [0.1, 0.15) is 53.2 Å². The monoisotopic (exact) mass is 473 g/mol. The summed E-state index contributed by atoms with van der Waals surface area (Å²) in [7, 11) is 0. The molecule has 1 saturated heterocycles. The molecule has 0 bridgehead atoms. The lowest BCUT2D eigenvalue weighted by Gasteiger charge is -2.45. The SMILES string of the molecule is Cc1cc(CCCO)ccc1N1CCN([C@H](C)c2ccc(C#N)cc2)C[C@H]1c1ccc(Cl)cc1. The topological polar surface area (TPSA) is 50.5 Å². The molecule has 1 N–H and O–H groups in total. The second kappa shape index (κ2) is 11.1. The van der Waals surface area contributed by atoms with E-state index in [0.717, 1.165) is 37.5 Å². The lowest BCUT2D eigenvalue weighted by molar-refractivity contribution is 0.171. The second-order valence-electron chi connectivity index (χ2n) is 9.11. The van der Waals surface area contributed by atoms with Crippen molar-refractivity contribution in [1.82, 2.24) is 4.90 Å². The highest BCUT2D eigenvalue weighted by Gasteiger charge is 2.31. The zero-order chi connectivity index (χ0) is 24.1. The van der Waals surface area contributed by atoms with Gasteiger partial charge in [-0.2, -0.15) is 5.26 Å². The van der Waals surface area contributed by atoms with Crippen LogP contribution in [-0.4, -0.2) is 36.2 Å². The molecule has 0 aliphatic carbocycles. The first-order chi connectivity index (χ1) is 16.5. The molecule has 176 valence electrons. The van der Waals surface area contributed by atoms with Gasteiger partial charge in [-0.1, -0.05) is 48.0 Å². The van der Waals surface area contributed by atoms with Gasteiger partial charge in [-0.3, -0.25) is 4.90 Å². The molecule has 0 aromatic heterocycles. The van der Waals surface area contributed by atoms with E-state index in [4.69, 9.17) is 16.9 Å². The molecule has 3 aromatic carbocycles. The Hall–Kier alpha value is -2.84. The Bertz CT molecular complexity index is 1140. The third-order valence-corrected chi connectivity index (χ3v) is 7.18. The van der Waals surface area contributed by atoms with Crippen molar-refractivity contribution in [3.63, 3.8) is 0 Å². The van der Waals surface area contributed by atoms with Crippen molar-refractivity contribution < 1.29 is 5.11 Å². The highest BCUT2D eigenvalue weighted by atomic mass is 35.5. The average Bonchev–Trinajstić information content (AvgIpc) is 2.87. The zero-order valence-corrected chi connectivity index (χ0v) is 20.7. The third-order valence-electron chi connectivity index (χ3n) is 6.93. The fraction of sp³-hybridized carbons (Fsp3) is 0.345. The quantitative estimate of drug-likeness (QED) is 0.452. The number of nitrogens with zero attached hydrogens (tertiary/aromatic N) is 3. The van der Waals surface area contributed by atoms with Gasteiger partial charge in [0.25, 0.3) is 0 Å². The Kier molecular flexibility index (Phi) is 7.90. The number of nitriles is 1. The normalized spacial score (nSPS) is 17.4. The summed E-state index contributed by atoms with van der Waals surface area (Å²) in [6.45, 7) is 7.43. The van der Waals surface area contributed by atoms with E-state index >= 15 is 0 Å². The van der Waals surface area contributed by atoms with Crippen molar-refractivity contribution in [2.75, 3.05) is 31.1 Å². The minimum absolute atomic E-state index is 0.203. The van der Waals surface area contributed by atoms with Gasteiger partial charge < -0.3 is 10.0 Å². The maximum absolute atomic E-state index is 9.18. The standard InChI is InChI=1S/C29H32ClN3O/c1-21-18-23(4-3-17-34)7-14-28(21)33-16-15-32(20-29(33)26-10-12-27(30)13-11-26)22(2)25-8-5-24(19-31)6-9-25/h5-14,18,22,29,34H,3-4,15-17,20H2,1-2H3/t22-,29+/m1/s1. The van der Waals surface area contributed by atoms with Gasteiger partial charge in [0.05, 0.1) is 17.7 Å².